The number of furan rings is 1. The van der Waals surface area contributed by atoms with Crippen LogP contribution in [0.2, 0.25) is 0 Å². The van der Waals surface area contributed by atoms with Crippen molar-refractivity contribution in [2.24, 2.45) is 0 Å². The minimum atomic E-state index is -0.362. The zero-order valence-corrected chi connectivity index (χ0v) is 16.5. The Kier molecular flexibility index (Phi) is 6.25. The van der Waals surface area contributed by atoms with Crippen LogP contribution < -0.4 is 10.6 Å². The Morgan fingerprint density at radius 3 is 2.57 bits per heavy atom. The predicted octanol–water partition coefficient (Wildman–Crippen LogP) is 1.85. The molecule has 1 aromatic carbocycles. The summed E-state index contributed by atoms with van der Waals surface area (Å²) in [6.07, 6.45) is 1.92. The molecule has 0 spiro atoms. The van der Waals surface area contributed by atoms with Gasteiger partial charge in [-0.2, -0.15) is 0 Å². The minimum Gasteiger partial charge on any atom is -0.467 e. The summed E-state index contributed by atoms with van der Waals surface area (Å²) >= 11 is 3.28. The third-order valence-electron chi connectivity index (χ3n) is 4.20. The van der Waals surface area contributed by atoms with Crippen LogP contribution in [-0.2, 0) is 16.1 Å². The molecule has 1 aliphatic heterocycles. The summed E-state index contributed by atoms with van der Waals surface area (Å²) < 4.78 is 5.82. The fourth-order valence-corrected chi connectivity index (χ4v) is 3.15. The number of benzene rings is 1. The first-order chi connectivity index (χ1) is 13.5. The second-order valence-corrected chi connectivity index (χ2v) is 7.10. The molecule has 9 heteroatoms. The molecule has 1 aliphatic rings. The highest BCUT2D eigenvalue weighted by atomic mass is 79.9. The van der Waals surface area contributed by atoms with Crippen LogP contribution in [0, 0.1) is 0 Å². The molecule has 0 aliphatic carbocycles. The van der Waals surface area contributed by atoms with E-state index in [1.165, 1.54) is 6.26 Å². The molecule has 0 radical (unpaired) electrons. The second kappa shape index (κ2) is 8.83. The van der Waals surface area contributed by atoms with Gasteiger partial charge in [-0.3, -0.25) is 24.1 Å². The Morgan fingerprint density at radius 1 is 1.04 bits per heavy atom. The average molecular weight is 448 g/mol. The van der Waals surface area contributed by atoms with Crippen molar-refractivity contribution < 1.29 is 23.6 Å². The Balaban J connectivity index is 1.38. The van der Waals surface area contributed by atoms with E-state index in [2.05, 4.69) is 26.6 Å². The first kappa shape index (κ1) is 19.8. The van der Waals surface area contributed by atoms with Crippen molar-refractivity contribution in [1.82, 2.24) is 15.5 Å². The minimum absolute atomic E-state index is 0.0998. The number of imide groups is 1. The fourth-order valence-electron chi connectivity index (χ4n) is 2.79. The maximum Gasteiger partial charge on any atom is 0.261 e. The van der Waals surface area contributed by atoms with Gasteiger partial charge in [0.2, 0.25) is 11.8 Å². The molecule has 0 atom stereocenters. The number of fused-ring (bicyclic) bond motifs is 1. The quantitative estimate of drug-likeness (QED) is 0.600. The van der Waals surface area contributed by atoms with Gasteiger partial charge < -0.3 is 15.1 Å². The van der Waals surface area contributed by atoms with E-state index in [9.17, 15) is 19.2 Å². The third kappa shape index (κ3) is 4.66. The average Bonchev–Trinajstić information content (AvgIpc) is 3.27. The summed E-state index contributed by atoms with van der Waals surface area (Å²) in [5.41, 5.74) is 0.725. The lowest BCUT2D eigenvalue weighted by Gasteiger charge is -2.13. The SMILES string of the molecule is O=C(CCCN1C(=O)c2ccc(Br)cc2C1=O)NCC(=O)NCc1ccco1. The van der Waals surface area contributed by atoms with E-state index in [0.29, 0.717) is 23.3 Å². The maximum atomic E-state index is 12.3. The van der Waals surface area contributed by atoms with Gasteiger partial charge in [-0.25, -0.2) is 0 Å². The molecular weight excluding hydrogens is 430 g/mol. The van der Waals surface area contributed by atoms with Gasteiger partial charge in [-0.1, -0.05) is 15.9 Å². The lowest BCUT2D eigenvalue weighted by atomic mass is 10.1. The second-order valence-electron chi connectivity index (χ2n) is 6.19. The normalized spacial score (nSPS) is 12.8. The van der Waals surface area contributed by atoms with Crippen LogP contribution in [-0.4, -0.2) is 41.6 Å². The van der Waals surface area contributed by atoms with Crippen molar-refractivity contribution in [3.63, 3.8) is 0 Å². The monoisotopic (exact) mass is 447 g/mol. The summed E-state index contributed by atoms with van der Waals surface area (Å²) in [4.78, 5) is 49.4. The van der Waals surface area contributed by atoms with Crippen molar-refractivity contribution in [2.45, 2.75) is 19.4 Å². The van der Waals surface area contributed by atoms with E-state index < -0.39 is 0 Å². The number of hydrogen-bond donors (Lipinski definition) is 2. The number of carbonyl (C=O) groups is 4. The van der Waals surface area contributed by atoms with Crippen molar-refractivity contribution >= 4 is 39.6 Å². The van der Waals surface area contributed by atoms with Crippen molar-refractivity contribution in [3.8, 4) is 0 Å². The van der Waals surface area contributed by atoms with Crippen LogP contribution in [0.1, 0.15) is 39.3 Å². The summed E-state index contributed by atoms with van der Waals surface area (Å²) in [6, 6.07) is 8.38. The molecule has 8 nitrogen and oxygen atoms in total. The molecule has 0 fully saturated rings. The van der Waals surface area contributed by atoms with Gasteiger partial charge in [-0.05, 0) is 36.8 Å². The standard InChI is InChI=1S/C19H18BrN3O5/c20-12-5-6-14-15(9-12)19(27)23(18(14)26)7-1-4-16(24)22-11-17(25)21-10-13-3-2-8-28-13/h2-3,5-6,8-9H,1,4,7,10-11H2,(H,21,25)(H,22,24). The number of hydrogen-bond acceptors (Lipinski definition) is 5. The summed E-state index contributed by atoms with van der Waals surface area (Å²) in [6.45, 7) is 0.236. The first-order valence-electron chi connectivity index (χ1n) is 8.67. The molecule has 1 aromatic heterocycles. The Labute approximate surface area is 169 Å². The number of nitrogens with one attached hydrogen (secondary N) is 2. The molecule has 3 rings (SSSR count). The zero-order valence-electron chi connectivity index (χ0n) is 14.9. The third-order valence-corrected chi connectivity index (χ3v) is 4.70. The van der Waals surface area contributed by atoms with Gasteiger partial charge in [-0.15, -0.1) is 0 Å². The van der Waals surface area contributed by atoms with Crippen LogP contribution in [0.25, 0.3) is 0 Å². The molecule has 2 N–H and O–H groups in total. The fraction of sp³-hybridized carbons (Fsp3) is 0.263. The molecule has 4 amide bonds. The van der Waals surface area contributed by atoms with Gasteiger partial charge in [0.15, 0.2) is 0 Å². The van der Waals surface area contributed by atoms with Crippen LogP contribution >= 0.6 is 15.9 Å². The van der Waals surface area contributed by atoms with E-state index in [4.69, 9.17) is 4.42 Å². The van der Waals surface area contributed by atoms with E-state index in [0.717, 1.165) is 9.37 Å². The van der Waals surface area contributed by atoms with E-state index in [1.807, 2.05) is 0 Å². The predicted molar refractivity (Wildman–Crippen MR) is 102 cm³/mol. The molecule has 0 bridgehead atoms. The lowest BCUT2D eigenvalue weighted by Crippen LogP contribution is -2.37. The Bertz CT molecular complexity index is 910. The van der Waals surface area contributed by atoms with E-state index >= 15 is 0 Å². The lowest BCUT2D eigenvalue weighted by molar-refractivity contribution is -0.126. The number of nitrogens with zero attached hydrogens (tertiary/aromatic N) is 1. The molecule has 28 heavy (non-hydrogen) atoms. The zero-order chi connectivity index (χ0) is 20.1. The van der Waals surface area contributed by atoms with Crippen molar-refractivity contribution in [2.75, 3.05) is 13.1 Å². The summed E-state index contributed by atoms with van der Waals surface area (Å²) in [5, 5.41) is 5.13. The van der Waals surface area contributed by atoms with E-state index in [1.54, 1.807) is 30.3 Å². The Hall–Kier alpha value is -2.94. The molecular formula is C19H18BrN3O5. The molecule has 0 saturated carbocycles. The van der Waals surface area contributed by atoms with Crippen molar-refractivity contribution in [3.05, 3.63) is 58.0 Å². The number of carbonyl (C=O) groups excluding carboxylic acids is 4. The molecule has 2 aromatic rings. The van der Waals surface area contributed by atoms with Gasteiger partial charge in [0, 0.05) is 17.4 Å². The smallest absolute Gasteiger partial charge is 0.261 e. The number of amides is 4. The largest absolute Gasteiger partial charge is 0.467 e. The molecule has 0 saturated heterocycles. The molecule has 2 heterocycles. The molecule has 146 valence electrons. The van der Waals surface area contributed by atoms with E-state index in [-0.39, 0.29) is 49.7 Å². The van der Waals surface area contributed by atoms with Crippen LogP contribution in [0.4, 0.5) is 0 Å². The first-order valence-corrected chi connectivity index (χ1v) is 9.46. The topological polar surface area (TPSA) is 109 Å². The number of rotatable bonds is 8. The maximum absolute atomic E-state index is 12.3. The van der Waals surface area contributed by atoms with Gasteiger partial charge in [0.05, 0.1) is 30.5 Å². The van der Waals surface area contributed by atoms with Gasteiger partial charge in [0.25, 0.3) is 11.8 Å². The van der Waals surface area contributed by atoms with Crippen LogP contribution in [0.3, 0.4) is 0 Å². The van der Waals surface area contributed by atoms with Crippen molar-refractivity contribution in [1.29, 1.82) is 0 Å². The number of halogens is 1. The summed E-state index contributed by atoms with van der Waals surface area (Å²) in [7, 11) is 0. The molecule has 0 unspecified atom stereocenters. The summed E-state index contributed by atoms with van der Waals surface area (Å²) in [5.74, 6) is -0.764. The highest BCUT2D eigenvalue weighted by Gasteiger charge is 2.35. The van der Waals surface area contributed by atoms with Gasteiger partial charge in [0.1, 0.15) is 5.76 Å². The van der Waals surface area contributed by atoms with Crippen LogP contribution in [0.5, 0.6) is 0 Å². The van der Waals surface area contributed by atoms with Gasteiger partial charge >= 0.3 is 0 Å². The highest BCUT2D eigenvalue weighted by Crippen LogP contribution is 2.26. The Morgan fingerprint density at radius 2 is 1.82 bits per heavy atom. The van der Waals surface area contributed by atoms with Crippen LogP contribution in [0.15, 0.2) is 45.5 Å². The highest BCUT2D eigenvalue weighted by molar-refractivity contribution is 9.10.